The Kier molecular flexibility index (Phi) is 3.57. The second-order valence-electron chi connectivity index (χ2n) is 4.02. The fourth-order valence-electron chi connectivity index (χ4n) is 2.02. The number of hydrogen-bond acceptors (Lipinski definition) is 3. The van der Waals surface area contributed by atoms with Gasteiger partial charge in [-0.2, -0.15) is 0 Å². The van der Waals surface area contributed by atoms with Crippen LogP contribution in [-0.2, 0) is 0 Å². The van der Waals surface area contributed by atoms with E-state index in [0.717, 1.165) is 39.7 Å². The molecule has 0 saturated carbocycles. The average molecular weight is 307 g/mol. The number of nitrogens with zero attached hydrogens (tertiary/aromatic N) is 1. The highest BCUT2D eigenvalue weighted by Gasteiger charge is 2.13. The summed E-state index contributed by atoms with van der Waals surface area (Å²) < 4.78 is 1.03. The number of nitrogens with one attached hydrogen (secondary N) is 1. The Hall–Kier alpha value is -1.55. The number of fused-ring (bicyclic) bond motifs is 1. The summed E-state index contributed by atoms with van der Waals surface area (Å²) >= 11 is 3.45. The van der Waals surface area contributed by atoms with Gasteiger partial charge in [-0.15, -0.1) is 0 Å². The molecular weight excluding hydrogens is 292 g/mol. The van der Waals surface area contributed by atoms with Gasteiger partial charge in [0.15, 0.2) is 0 Å². The third kappa shape index (κ3) is 2.20. The molecule has 1 aliphatic rings. The molecule has 94 valence electrons. The van der Waals surface area contributed by atoms with Crippen LogP contribution in [0.25, 0.3) is 10.8 Å². The molecule has 0 unspecified atom stereocenters. The van der Waals surface area contributed by atoms with E-state index < -0.39 is 0 Å². The number of phenolic OH excluding ortho intramolecular Hbond substituents is 1. The molecule has 1 aliphatic heterocycles. The van der Waals surface area contributed by atoms with Crippen molar-refractivity contribution in [2.24, 2.45) is 4.99 Å². The molecule has 0 bridgehead atoms. The Balaban J connectivity index is 0.00000120. The number of halogens is 1. The molecular formula is C14H15BrN2O. The van der Waals surface area contributed by atoms with E-state index in [1.165, 1.54) is 0 Å². The predicted molar refractivity (Wildman–Crippen MR) is 79.5 cm³/mol. The Labute approximate surface area is 115 Å². The van der Waals surface area contributed by atoms with Crippen LogP contribution in [0.5, 0.6) is 5.75 Å². The van der Waals surface area contributed by atoms with Crippen molar-refractivity contribution in [3.05, 3.63) is 40.4 Å². The standard InChI is InChI=1S/C13H11BrN2O.CH4/c14-10-2-1-8-7-12(17)11(6-9(8)5-10)13-15-3-4-16-13;/h1-2,5-7,17H,3-4H2,(H,15,16);1H4. The number of rotatable bonds is 1. The van der Waals surface area contributed by atoms with Crippen LogP contribution >= 0.6 is 15.9 Å². The van der Waals surface area contributed by atoms with Crippen molar-refractivity contribution in [1.29, 1.82) is 0 Å². The topological polar surface area (TPSA) is 44.6 Å². The van der Waals surface area contributed by atoms with Crippen LogP contribution in [0.2, 0.25) is 0 Å². The first-order valence-corrected chi connectivity index (χ1v) is 6.24. The molecule has 18 heavy (non-hydrogen) atoms. The van der Waals surface area contributed by atoms with Gasteiger partial charge in [-0.3, -0.25) is 4.99 Å². The van der Waals surface area contributed by atoms with Crippen LogP contribution in [-0.4, -0.2) is 24.0 Å². The number of phenols is 1. The molecule has 0 radical (unpaired) electrons. The largest absolute Gasteiger partial charge is 0.507 e. The second kappa shape index (κ2) is 4.98. The molecule has 3 nitrogen and oxygen atoms in total. The normalized spacial score (nSPS) is 13.9. The van der Waals surface area contributed by atoms with Crippen molar-refractivity contribution in [2.45, 2.75) is 7.43 Å². The van der Waals surface area contributed by atoms with E-state index in [9.17, 15) is 5.11 Å². The average Bonchev–Trinajstić information content (AvgIpc) is 2.82. The first kappa shape index (κ1) is 12.9. The zero-order valence-corrected chi connectivity index (χ0v) is 10.7. The van der Waals surface area contributed by atoms with Crippen LogP contribution in [0.15, 0.2) is 39.8 Å². The van der Waals surface area contributed by atoms with E-state index in [1.54, 1.807) is 6.07 Å². The second-order valence-corrected chi connectivity index (χ2v) is 4.93. The van der Waals surface area contributed by atoms with E-state index in [1.807, 2.05) is 24.3 Å². The Bertz CT molecular complexity index is 622. The number of hydrogen-bond donors (Lipinski definition) is 2. The van der Waals surface area contributed by atoms with Gasteiger partial charge in [0.2, 0.25) is 0 Å². The third-order valence-corrected chi connectivity index (χ3v) is 3.34. The highest BCUT2D eigenvalue weighted by molar-refractivity contribution is 9.10. The lowest BCUT2D eigenvalue weighted by molar-refractivity contribution is 0.475. The minimum atomic E-state index is 0. The van der Waals surface area contributed by atoms with Crippen LogP contribution in [0.1, 0.15) is 13.0 Å². The van der Waals surface area contributed by atoms with Gasteiger partial charge in [0.05, 0.1) is 12.1 Å². The highest BCUT2D eigenvalue weighted by Crippen LogP contribution is 2.27. The van der Waals surface area contributed by atoms with Crippen LogP contribution in [0, 0.1) is 0 Å². The van der Waals surface area contributed by atoms with Crippen molar-refractivity contribution >= 4 is 32.5 Å². The van der Waals surface area contributed by atoms with Crippen LogP contribution < -0.4 is 5.32 Å². The van der Waals surface area contributed by atoms with Gasteiger partial charge >= 0.3 is 0 Å². The monoisotopic (exact) mass is 306 g/mol. The molecule has 2 N–H and O–H groups in total. The molecule has 2 aromatic carbocycles. The van der Waals surface area contributed by atoms with Gasteiger partial charge in [-0.1, -0.05) is 29.4 Å². The van der Waals surface area contributed by atoms with Crippen molar-refractivity contribution in [1.82, 2.24) is 5.32 Å². The lowest BCUT2D eigenvalue weighted by Gasteiger charge is -2.08. The van der Waals surface area contributed by atoms with Gasteiger partial charge in [0, 0.05) is 11.0 Å². The maximum Gasteiger partial charge on any atom is 0.132 e. The fourth-order valence-corrected chi connectivity index (χ4v) is 2.40. The summed E-state index contributed by atoms with van der Waals surface area (Å²) in [4.78, 5) is 4.33. The number of aromatic hydroxyl groups is 1. The van der Waals surface area contributed by atoms with E-state index >= 15 is 0 Å². The minimum absolute atomic E-state index is 0. The summed E-state index contributed by atoms with van der Waals surface area (Å²) in [6.45, 7) is 1.61. The Morgan fingerprint density at radius 3 is 2.72 bits per heavy atom. The van der Waals surface area contributed by atoms with Crippen molar-refractivity contribution < 1.29 is 5.11 Å². The minimum Gasteiger partial charge on any atom is -0.507 e. The zero-order chi connectivity index (χ0) is 11.8. The third-order valence-electron chi connectivity index (χ3n) is 2.85. The summed E-state index contributed by atoms with van der Waals surface area (Å²) in [6, 6.07) is 9.72. The van der Waals surface area contributed by atoms with E-state index in [-0.39, 0.29) is 13.2 Å². The van der Waals surface area contributed by atoms with Crippen molar-refractivity contribution in [2.75, 3.05) is 13.1 Å². The molecule has 4 heteroatoms. The van der Waals surface area contributed by atoms with Gasteiger partial charge in [0.1, 0.15) is 11.6 Å². The van der Waals surface area contributed by atoms with E-state index in [0.29, 0.717) is 0 Å². The Morgan fingerprint density at radius 1 is 1.17 bits per heavy atom. The predicted octanol–water partition coefficient (Wildman–Crippen LogP) is 3.29. The maximum absolute atomic E-state index is 10.0. The first-order valence-electron chi connectivity index (χ1n) is 5.45. The van der Waals surface area contributed by atoms with Gasteiger partial charge < -0.3 is 10.4 Å². The van der Waals surface area contributed by atoms with Crippen LogP contribution in [0.3, 0.4) is 0 Å². The lowest BCUT2D eigenvalue weighted by Crippen LogP contribution is -2.19. The fraction of sp³-hybridized carbons (Fsp3) is 0.214. The molecule has 0 spiro atoms. The molecule has 0 fully saturated rings. The van der Waals surface area contributed by atoms with Gasteiger partial charge in [0.25, 0.3) is 0 Å². The summed E-state index contributed by atoms with van der Waals surface area (Å²) in [5.74, 6) is 1.05. The smallest absolute Gasteiger partial charge is 0.132 e. The summed E-state index contributed by atoms with van der Waals surface area (Å²) in [5, 5.41) is 15.3. The number of amidine groups is 1. The van der Waals surface area contributed by atoms with E-state index in [4.69, 9.17) is 0 Å². The van der Waals surface area contributed by atoms with Crippen LogP contribution in [0.4, 0.5) is 0 Å². The van der Waals surface area contributed by atoms with Crippen molar-refractivity contribution in [3.8, 4) is 5.75 Å². The zero-order valence-electron chi connectivity index (χ0n) is 9.07. The summed E-state index contributed by atoms with van der Waals surface area (Å²) in [7, 11) is 0. The Morgan fingerprint density at radius 2 is 2.00 bits per heavy atom. The molecule has 0 aromatic heterocycles. The molecule has 0 atom stereocenters. The molecule has 0 saturated heterocycles. The highest BCUT2D eigenvalue weighted by atomic mass is 79.9. The summed E-state index contributed by atoms with van der Waals surface area (Å²) in [6.07, 6.45) is 0. The lowest BCUT2D eigenvalue weighted by atomic mass is 10.1. The number of benzene rings is 2. The molecule has 0 amide bonds. The first-order chi connectivity index (χ1) is 8.24. The molecule has 3 rings (SSSR count). The van der Waals surface area contributed by atoms with Gasteiger partial charge in [-0.25, -0.2) is 0 Å². The summed E-state index contributed by atoms with van der Waals surface area (Å²) in [5.41, 5.74) is 0.771. The molecule has 2 aromatic rings. The maximum atomic E-state index is 10.0. The quantitative estimate of drug-likeness (QED) is 0.849. The molecule has 1 heterocycles. The molecule has 0 aliphatic carbocycles. The van der Waals surface area contributed by atoms with Crippen molar-refractivity contribution in [3.63, 3.8) is 0 Å². The SMILES string of the molecule is C.Oc1cc2ccc(Br)cc2cc1C1=NCCN1. The number of aliphatic imine (C=N–C) groups is 1. The van der Waals surface area contributed by atoms with Gasteiger partial charge in [-0.05, 0) is 35.0 Å². The van der Waals surface area contributed by atoms with E-state index in [2.05, 4.69) is 26.2 Å².